The largest absolute Gasteiger partial charge is 0.299 e. The summed E-state index contributed by atoms with van der Waals surface area (Å²) in [4.78, 5) is 10.3. The first-order valence-corrected chi connectivity index (χ1v) is 4.51. The summed E-state index contributed by atoms with van der Waals surface area (Å²) in [6.07, 6.45) is 2.83. The van der Waals surface area contributed by atoms with E-state index in [1.165, 1.54) is 0 Å². The normalized spacial score (nSPS) is 11.5. The molecule has 0 aromatic heterocycles. The molecule has 1 aromatic carbocycles. The quantitative estimate of drug-likeness (QED) is 0.353. The van der Waals surface area contributed by atoms with Gasteiger partial charge in [0.25, 0.3) is 0 Å². The number of hydrogen-bond acceptors (Lipinski definition) is 1. The molecule has 0 aliphatic rings. The predicted octanol–water partition coefficient (Wildman–Crippen LogP) is 0.592. The summed E-state index contributed by atoms with van der Waals surface area (Å²) in [6.45, 7) is 0. The van der Waals surface area contributed by atoms with Crippen LogP contribution in [0.2, 0.25) is 0 Å². The van der Waals surface area contributed by atoms with Crippen LogP contribution < -0.4 is 0 Å². The van der Waals surface area contributed by atoms with Crippen molar-refractivity contribution >= 4 is 22.6 Å². The minimum Gasteiger partial charge on any atom is -0.299 e. The van der Waals surface area contributed by atoms with Crippen LogP contribution in [0.3, 0.4) is 0 Å². The van der Waals surface area contributed by atoms with Gasteiger partial charge in [-0.1, -0.05) is 36.4 Å². The van der Waals surface area contributed by atoms with E-state index in [4.69, 9.17) is 0 Å². The Labute approximate surface area is 69.2 Å². The number of carbonyl (C=O) groups excluding carboxylic acids is 1. The molecule has 11 heavy (non-hydrogen) atoms. The summed E-state index contributed by atoms with van der Waals surface area (Å²) in [6, 6.07) is 9.87. The van der Waals surface area contributed by atoms with Crippen LogP contribution in [0.4, 0.5) is 0 Å². The van der Waals surface area contributed by atoms with Gasteiger partial charge in [0.05, 0.1) is 0 Å². The molecule has 1 aromatic rings. The van der Waals surface area contributed by atoms with Crippen LogP contribution >= 0.6 is 0 Å². The second kappa shape index (κ2) is 3.88. The Bertz CT molecular complexity index is 264. The number of aldehydes is 1. The van der Waals surface area contributed by atoms with Crippen LogP contribution in [0.25, 0.3) is 6.08 Å². The molecule has 0 aliphatic carbocycles. The van der Waals surface area contributed by atoms with Crippen molar-refractivity contribution in [2.24, 2.45) is 0 Å². The maximum Gasteiger partial charge on any atom is 0.141 e. The monoisotopic (exact) mass is 162 g/mol. The first-order valence-electron chi connectivity index (χ1n) is 3.51. The average Bonchev–Trinajstić information content (AvgIpc) is 2.06. The number of allylic oxidation sites excluding steroid dienone is 1. The molecular formula is C9H10OSi. The molecule has 2 heteroatoms. The molecule has 0 radical (unpaired) electrons. The second-order valence-electron chi connectivity index (χ2n) is 2.42. The first kappa shape index (κ1) is 7.95. The summed E-state index contributed by atoms with van der Waals surface area (Å²) >= 11 is 0. The van der Waals surface area contributed by atoms with Crippen molar-refractivity contribution in [2.45, 2.75) is 0 Å². The molecule has 0 heterocycles. The van der Waals surface area contributed by atoms with Gasteiger partial charge >= 0.3 is 0 Å². The standard InChI is InChI=1S/C9H10OSi/c10-7-9(11)6-8-4-2-1-3-5-8/h1-7H,11H3. The Morgan fingerprint density at radius 3 is 2.45 bits per heavy atom. The number of hydrogen-bond donors (Lipinski definition) is 0. The maximum absolute atomic E-state index is 10.3. The number of rotatable bonds is 2. The number of carbonyl (C=O) groups is 1. The van der Waals surface area contributed by atoms with Crippen molar-refractivity contribution in [2.75, 3.05) is 0 Å². The highest BCUT2D eigenvalue weighted by atomic mass is 28.1. The molecule has 0 bridgehead atoms. The topological polar surface area (TPSA) is 17.1 Å². The van der Waals surface area contributed by atoms with Gasteiger partial charge in [0.1, 0.15) is 6.29 Å². The Morgan fingerprint density at radius 1 is 1.27 bits per heavy atom. The van der Waals surface area contributed by atoms with E-state index in [1.807, 2.05) is 36.4 Å². The van der Waals surface area contributed by atoms with Crippen molar-refractivity contribution in [3.63, 3.8) is 0 Å². The minimum atomic E-state index is 0.818. The van der Waals surface area contributed by atoms with Crippen LogP contribution in [0.5, 0.6) is 0 Å². The molecule has 0 spiro atoms. The van der Waals surface area contributed by atoms with E-state index in [2.05, 4.69) is 0 Å². The molecule has 56 valence electrons. The van der Waals surface area contributed by atoms with Gasteiger partial charge in [0, 0.05) is 10.2 Å². The lowest BCUT2D eigenvalue weighted by molar-refractivity contribution is -0.104. The zero-order chi connectivity index (χ0) is 8.10. The lowest BCUT2D eigenvalue weighted by atomic mass is 10.2. The van der Waals surface area contributed by atoms with Gasteiger partial charge in [0.15, 0.2) is 0 Å². The molecule has 0 saturated heterocycles. The van der Waals surface area contributed by atoms with Crippen LogP contribution in [-0.4, -0.2) is 16.5 Å². The van der Waals surface area contributed by atoms with E-state index in [0.29, 0.717) is 0 Å². The third-order valence-corrected chi connectivity index (χ3v) is 1.90. The van der Waals surface area contributed by atoms with E-state index in [1.54, 1.807) is 0 Å². The van der Waals surface area contributed by atoms with E-state index < -0.39 is 0 Å². The highest BCUT2D eigenvalue weighted by molar-refractivity contribution is 6.34. The molecule has 0 saturated carbocycles. The van der Waals surface area contributed by atoms with Gasteiger partial charge < -0.3 is 0 Å². The van der Waals surface area contributed by atoms with Gasteiger partial charge in [0.2, 0.25) is 0 Å². The highest BCUT2D eigenvalue weighted by Crippen LogP contribution is 2.02. The molecule has 0 aliphatic heterocycles. The van der Waals surface area contributed by atoms with Gasteiger partial charge in [-0.05, 0) is 10.8 Å². The van der Waals surface area contributed by atoms with Crippen LogP contribution in [0, 0.1) is 0 Å². The zero-order valence-corrected chi connectivity index (χ0v) is 8.45. The van der Waals surface area contributed by atoms with Crippen LogP contribution in [-0.2, 0) is 4.79 Å². The van der Waals surface area contributed by atoms with Crippen LogP contribution in [0.15, 0.2) is 35.5 Å². The molecule has 0 amide bonds. The molecular weight excluding hydrogens is 152 g/mol. The fourth-order valence-electron chi connectivity index (χ4n) is 0.846. The van der Waals surface area contributed by atoms with E-state index in [0.717, 1.165) is 27.3 Å². The molecule has 1 rings (SSSR count). The Hall–Kier alpha value is -1.15. The van der Waals surface area contributed by atoms with Gasteiger partial charge in [-0.3, -0.25) is 4.79 Å². The molecule has 0 N–H and O–H groups in total. The maximum atomic E-state index is 10.3. The summed E-state index contributed by atoms with van der Waals surface area (Å²) in [5, 5.41) is 0.885. The van der Waals surface area contributed by atoms with Crippen molar-refractivity contribution in [3.05, 3.63) is 41.1 Å². The summed E-state index contributed by atoms with van der Waals surface area (Å²) in [5.41, 5.74) is 1.10. The van der Waals surface area contributed by atoms with Crippen LogP contribution in [0.1, 0.15) is 5.56 Å². The minimum absolute atomic E-state index is 0.818. The van der Waals surface area contributed by atoms with Crippen molar-refractivity contribution in [1.29, 1.82) is 0 Å². The highest BCUT2D eigenvalue weighted by Gasteiger charge is 1.85. The second-order valence-corrected chi connectivity index (χ2v) is 3.57. The fourth-order valence-corrected chi connectivity index (χ4v) is 1.18. The zero-order valence-electron chi connectivity index (χ0n) is 6.45. The Kier molecular flexibility index (Phi) is 2.80. The lowest BCUT2D eigenvalue weighted by Gasteiger charge is -1.91. The van der Waals surface area contributed by atoms with Crippen molar-refractivity contribution < 1.29 is 4.79 Å². The van der Waals surface area contributed by atoms with E-state index in [9.17, 15) is 4.79 Å². The SMILES string of the molecule is O=CC([SiH3])=Cc1ccccc1. The predicted molar refractivity (Wildman–Crippen MR) is 50.4 cm³/mol. The summed E-state index contributed by atoms with van der Waals surface area (Å²) in [5.74, 6) is 0. The third-order valence-electron chi connectivity index (χ3n) is 1.38. The van der Waals surface area contributed by atoms with E-state index in [-0.39, 0.29) is 0 Å². The fraction of sp³-hybridized carbons (Fsp3) is 0. The third kappa shape index (κ3) is 2.51. The molecule has 0 fully saturated rings. The number of benzene rings is 1. The van der Waals surface area contributed by atoms with Crippen molar-refractivity contribution in [3.8, 4) is 0 Å². The summed E-state index contributed by atoms with van der Waals surface area (Å²) < 4.78 is 0. The molecule has 0 unspecified atom stereocenters. The average molecular weight is 162 g/mol. The van der Waals surface area contributed by atoms with Crippen molar-refractivity contribution in [1.82, 2.24) is 0 Å². The first-order chi connectivity index (χ1) is 5.33. The summed E-state index contributed by atoms with van der Waals surface area (Å²) in [7, 11) is 0.818. The Balaban J connectivity index is 2.87. The van der Waals surface area contributed by atoms with Gasteiger partial charge in [-0.15, -0.1) is 0 Å². The van der Waals surface area contributed by atoms with Gasteiger partial charge in [-0.2, -0.15) is 0 Å². The van der Waals surface area contributed by atoms with Gasteiger partial charge in [-0.25, -0.2) is 0 Å². The Morgan fingerprint density at radius 2 is 1.91 bits per heavy atom. The van der Waals surface area contributed by atoms with E-state index >= 15 is 0 Å². The lowest BCUT2D eigenvalue weighted by Crippen LogP contribution is -1.81. The molecule has 0 atom stereocenters. The molecule has 1 nitrogen and oxygen atoms in total. The smallest absolute Gasteiger partial charge is 0.141 e.